The predicted octanol–water partition coefficient (Wildman–Crippen LogP) is 4.49. The molecule has 4 rings (SSSR count). The molecule has 0 aliphatic heterocycles. The highest BCUT2D eigenvalue weighted by Crippen LogP contribution is 2.35. The molecule has 144 valence electrons. The third-order valence-electron chi connectivity index (χ3n) is 5.10. The van der Waals surface area contributed by atoms with E-state index in [1.165, 1.54) is 19.3 Å². The van der Waals surface area contributed by atoms with Gasteiger partial charge in [0.25, 0.3) is 0 Å². The van der Waals surface area contributed by atoms with Crippen molar-refractivity contribution in [3.63, 3.8) is 0 Å². The van der Waals surface area contributed by atoms with Gasteiger partial charge in [-0.15, -0.1) is 24.8 Å². The minimum Gasteiger partial charge on any atom is -0.342 e. The zero-order valence-corrected chi connectivity index (χ0v) is 16.7. The van der Waals surface area contributed by atoms with E-state index in [2.05, 4.69) is 15.3 Å². The third-order valence-corrected chi connectivity index (χ3v) is 5.10. The van der Waals surface area contributed by atoms with Gasteiger partial charge in [-0.25, -0.2) is 4.98 Å². The number of anilines is 1. The lowest BCUT2D eigenvalue weighted by Gasteiger charge is -2.24. The lowest BCUT2D eigenvalue weighted by atomic mass is 9.85. The van der Waals surface area contributed by atoms with Crippen molar-refractivity contribution in [2.24, 2.45) is 5.73 Å². The van der Waals surface area contributed by atoms with Gasteiger partial charge in [0.15, 0.2) is 0 Å². The maximum absolute atomic E-state index is 12.7. The lowest BCUT2D eigenvalue weighted by Crippen LogP contribution is -2.45. The van der Waals surface area contributed by atoms with Crippen molar-refractivity contribution in [2.75, 3.05) is 5.32 Å². The van der Waals surface area contributed by atoms with Gasteiger partial charge in [0, 0.05) is 11.6 Å². The van der Waals surface area contributed by atoms with Crippen LogP contribution in [0.25, 0.3) is 11.0 Å². The molecule has 1 unspecified atom stereocenters. The van der Waals surface area contributed by atoms with E-state index in [0.717, 1.165) is 22.4 Å². The molecule has 2 aromatic carbocycles. The van der Waals surface area contributed by atoms with Crippen LogP contribution in [0.1, 0.15) is 43.5 Å². The summed E-state index contributed by atoms with van der Waals surface area (Å²) in [4.78, 5) is 20.7. The maximum atomic E-state index is 12.7. The van der Waals surface area contributed by atoms with Crippen LogP contribution in [0.3, 0.4) is 0 Å². The van der Waals surface area contributed by atoms with E-state index in [1.54, 1.807) is 6.92 Å². The molecule has 1 aromatic heterocycles. The number of fused-ring (bicyclic) bond motifs is 1. The van der Waals surface area contributed by atoms with E-state index in [9.17, 15) is 4.79 Å². The number of halogens is 2. The molecule has 1 amide bonds. The SMILES string of the molecule is CC(N)(C(=O)Nc1ccc2nc(C3CCC3)[nH]c2c1)c1ccccc1.Cl.Cl. The number of carbonyl (C=O) groups excluding carboxylic acids is 1. The first kappa shape index (κ1) is 21.2. The molecule has 5 nitrogen and oxygen atoms in total. The highest BCUT2D eigenvalue weighted by atomic mass is 35.5. The highest BCUT2D eigenvalue weighted by molar-refractivity contribution is 5.99. The summed E-state index contributed by atoms with van der Waals surface area (Å²) in [5, 5.41) is 2.93. The Morgan fingerprint density at radius 1 is 1.19 bits per heavy atom. The summed E-state index contributed by atoms with van der Waals surface area (Å²) in [6.07, 6.45) is 3.68. The fraction of sp³-hybridized carbons (Fsp3) is 0.300. The first-order valence-corrected chi connectivity index (χ1v) is 8.69. The number of hydrogen-bond acceptors (Lipinski definition) is 3. The van der Waals surface area contributed by atoms with Crippen molar-refractivity contribution >= 4 is 47.4 Å². The van der Waals surface area contributed by atoms with Gasteiger partial charge < -0.3 is 16.0 Å². The number of hydrogen-bond donors (Lipinski definition) is 3. The van der Waals surface area contributed by atoms with E-state index in [4.69, 9.17) is 5.73 Å². The Labute approximate surface area is 171 Å². The molecule has 1 aliphatic carbocycles. The van der Waals surface area contributed by atoms with Crippen LogP contribution in [0.4, 0.5) is 5.69 Å². The van der Waals surface area contributed by atoms with E-state index in [-0.39, 0.29) is 30.7 Å². The summed E-state index contributed by atoms with van der Waals surface area (Å²) in [6, 6.07) is 15.1. The molecule has 0 spiro atoms. The fourth-order valence-corrected chi connectivity index (χ4v) is 3.16. The monoisotopic (exact) mass is 406 g/mol. The van der Waals surface area contributed by atoms with Gasteiger partial charge in [0.05, 0.1) is 11.0 Å². The number of imidazole rings is 1. The van der Waals surface area contributed by atoms with Crippen molar-refractivity contribution in [1.29, 1.82) is 0 Å². The van der Waals surface area contributed by atoms with Crippen LogP contribution >= 0.6 is 24.8 Å². The molecule has 0 bridgehead atoms. The number of benzene rings is 2. The Hall–Kier alpha value is -2.08. The van der Waals surface area contributed by atoms with Crippen molar-refractivity contribution in [3.8, 4) is 0 Å². The molecule has 0 saturated heterocycles. The summed E-state index contributed by atoms with van der Waals surface area (Å²) in [6.45, 7) is 1.72. The molecular formula is C20H24Cl2N4O. The second-order valence-corrected chi connectivity index (χ2v) is 7.00. The second kappa shape index (κ2) is 8.30. The Morgan fingerprint density at radius 3 is 2.52 bits per heavy atom. The van der Waals surface area contributed by atoms with Crippen molar-refractivity contribution < 1.29 is 4.79 Å². The van der Waals surface area contributed by atoms with Crippen LogP contribution in [0.5, 0.6) is 0 Å². The first-order valence-electron chi connectivity index (χ1n) is 8.69. The van der Waals surface area contributed by atoms with Gasteiger partial charge in [0.1, 0.15) is 11.4 Å². The van der Waals surface area contributed by atoms with Crippen LogP contribution in [0.2, 0.25) is 0 Å². The molecule has 1 atom stereocenters. The van der Waals surface area contributed by atoms with Crippen LogP contribution < -0.4 is 11.1 Å². The van der Waals surface area contributed by atoms with E-state index in [1.807, 2.05) is 48.5 Å². The molecule has 0 radical (unpaired) electrons. The highest BCUT2D eigenvalue weighted by Gasteiger charge is 2.30. The number of nitrogens with zero attached hydrogens (tertiary/aromatic N) is 1. The summed E-state index contributed by atoms with van der Waals surface area (Å²) < 4.78 is 0. The molecule has 3 aromatic rings. The zero-order valence-electron chi connectivity index (χ0n) is 15.1. The Kier molecular flexibility index (Phi) is 6.52. The van der Waals surface area contributed by atoms with Gasteiger partial charge >= 0.3 is 0 Å². The molecule has 1 heterocycles. The van der Waals surface area contributed by atoms with Crippen molar-refractivity contribution in [3.05, 3.63) is 59.9 Å². The number of aromatic amines is 1. The molecule has 1 fully saturated rings. The minimum absolute atomic E-state index is 0. The Balaban J connectivity index is 0.00000131. The quantitative estimate of drug-likeness (QED) is 0.596. The zero-order chi connectivity index (χ0) is 17.4. The molecule has 27 heavy (non-hydrogen) atoms. The largest absolute Gasteiger partial charge is 0.342 e. The van der Waals surface area contributed by atoms with Gasteiger partial charge in [0.2, 0.25) is 5.91 Å². The number of H-pyrrole nitrogens is 1. The third kappa shape index (κ3) is 4.10. The molecule has 1 aliphatic rings. The van der Waals surface area contributed by atoms with Crippen LogP contribution in [0.15, 0.2) is 48.5 Å². The normalized spacial score (nSPS) is 15.8. The summed E-state index contributed by atoms with van der Waals surface area (Å²) in [5.74, 6) is 1.37. The van der Waals surface area contributed by atoms with Crippen LogP contribution in [-0.2, 0) is 10.3 Å². The smallest absolute Gasteiger partial charge is 0.248 e. The summed E-state index contributed by atoms with van der Waals surface area (Å²) in [5.41, 5.74) is 8.55. The van der Waals surface area contributed by atoms with Gasteiger partial charge in [-0.2, -0.15) is 0 Å². The Morgan fingerprint density at radius 2 is 1.89 bits per heavy atom. The van der Waals surface area contributed by atoms with E-state index in [0.29, 0.717) is 11.6 Å². The topological polar surface area (TPSA) is 83.8 Å². The van der Waals surface area contributed by atoms with Crippen molar-refractivity contribution in [2.45, 2.75) is 37.6 Å². The molecular weight excluding hydrogens is 383 g/mol. The summed E-state index contributed by atoms with van der Waals surface area (Å²) in [7, 11) is 0. The minimum atomic E-state index is -1.10. The standard InChI is InChI=1S/C20H22N4O.2ClH/c1-20(21,14-8-3-2-4-9-14)19(25)22-15-10-11-16-17(12-15)24-18(23-16)13-6-5-7-13;;/h2-4,8-13H,5-7,21H2,1H3,(H,22,25)(H,23,24);2*1H. The number of nitrogens with one attached hydrogen (secondary N) is 2. The average molecular weight is 407 g/mol. The van der Waals surface area contributed by atoms with Crippen LogP contribution in [0, 0.1) is 0 Å². The number of carbonyl (C=O) groups is 1. The first-order chi connectivity index (χ1) is 12.0. The van der Waals surface area contributed by atoms with Crippen molar-refractivity contribution in [1.82, 2.24) is 9.97 Å². The predicted molar refractivity (Wildman–Crippen MR) is 114 cm³/mol. The molecule has 4 N–H and O–H groups in total. The molecule has 1 saturated carbocycles. The second-order valence-electron chi connectivity index (χ2n) is 7.00. The van der Waals surface area contributed by atoms with Gasteiger partial charge in [-0.3, -0.25) is 4.79 Å². The van der Waals surface area contributed by atoms with E-state index < -0.39 is 5.54 Å². The molecule has 7 heteroatoms. The lowest BCUT2D eigenvalue weighted by molar-refractivity contribution is -0.120. The van der Waals surface area contributed by atoms with E-state index >= 15 is 0 Å². The number of rotatable bonds is 4. The maximum Gasteiger partial charge on any atom is 0.248 e. The number of amides is 1. The van der Waals surface area contributed by atoms with Crippen LogP contribution in [-0.4, -0.2) is 15.9 Å². The summed E-state index contributed by atoms with van der Waals surface area (Å²) >= 11 is 0. The van der Waals surface area contributed by atoms with Gasteiger partial charge in [-0.05, 0) is 43.5 Å². The Bertz CT molecular complexity index is 920. The van der Waals surface area contributed by atoms with Gasteiger partial charge in [-0.1, -0.05) is 36.8 Å². The fourth-order valence-electron chi connectivity index (χ4n) is 3.16. The number of nitrogens with two attached hydrogens (primary N) is 1. The number of aromatic nitrogens is 2. The average Bonchev–Trinajstić information content (AvgIpc) is 2.96.